The Morgan fingerprint density at radius 1 is 1.38 bits per heavy atom. The van der Waals surface area contributed by atoms with E-state index in [4.69, 9.17) is 2.74 Å². The molecule has 1 unspecified atom stereocenters. The number of hydrogen-bond acceptors (Lipinski definition) is 0. The number of rotatable bonds is 4. The highest BCUT2D eigenvalue weighted by molar-refractivity contribution is 4.51. The summed E-state index contributed by atoms with van der Waals surface area (Å²) in [4.78, 5) is 0. The van der Waals surface area contributed by atoms with Gasteiger partial charge in [0.2, 0.25) is 0 Å². The quantitative estimate of drug-likeness (QED) is 0.529. The molecule has 0 saturated carbocycles. The van der Waals surface area contributed by atoms with Crippen LogP contribution in [0.1, 0.15) is 49.1 Å². The summed E-state index contributed by atoms with van der Waals surface area (Å²) < 4.78 is 14.9. The molecule has 0 saturated heterocycles. The van der Waals surface area contributed by atoms with Gasteiger partial charge in [-0.25, -0.2) is 0 Å². The van der Waals surface area contributed by atoms with E-state index >= 15 is 0 Å². The lowest BCUT2D eigenvalue weighted by atomic mass is 9.98. The second-order valence-electron chi connectivity index (χ2n) is 2.18. The minimum absolute atomic E-state index is 0.248. The predicted octanol–water partition coefficient (Wildman–Crippen LogP) is 3.22. The summed E-state index contributed by atoms with van der Waals surface area (Å²) in [6.45, 7) is 5.84. The lowest BCUT2D eigenvalue weighted by Crippen LogP contribution is -1.94. The summed E-state index contributed by atoms with van der Waals surface area (Å²) in [6.07, 6.45) is 2.08. The summed E-state index contributed by atoms with van der Waals surface area (Å²) in [6, 6.07) is 0. The minimum atomic E-state index is -0.981. The molecule has 0 nitrogen and oxygen atoms in total. The second-order valence-corrected chi connectivity index (χ2v) is 2.18. The molecule has 0 rings (SSSR count). The van der Waals surface area contributed by atoms with Crippen LogP contribution in [0.2, 0.25) is 0 Å². The Labute approximate surface area is 56.1 Å². The smallest absolute Gasteiger partial charge is 0.0267 e. The average molecular weight is 116 g/mol. The fourth-order valence-electron chi connectivity index (χ4n) is 0.901. The van der Waals surface area contributed by atoms with E-state index in [0.29, 0.717) is 0 Å². The maximum Gasteiger partial charge on any atom is 0.0267 e. The van der Waals surface area contributed by atoms with Gasteiger partial charge in [-0.15, -0.1) is 0 Å². The fourth-order valence-corrected chi connectivity index (χ4v) is 0.901. The van der Waals surface area contributed by atoms with Crippen LogP contribution in [0, 0.1) is 5.92 Å². The highest BCUT2D eigenvalue weighted by Crippen LogP contribution is 2.13. The highest BCUT2D eigenvalue weighted by atomic mass is 14.0. The van der Waals surface area contributed by atoms with Crippen LogP contribution in [0.4, 0.5) is 0 Å². The average Bonchev–Trinajstić information content (AvgIpc) is 1.80. The van der Waals surface area contributed by atoms with Crippen molar-refractivity contribution in [2.24, 2.45) is 5.92 Å². The van der Waals surface area contributed by atoms with Crippen LogP contribution in [-0.4, -0.2) is 0 Å². The molecule has 0 aliphatic heterocycles. The molecular formula is C8H18. The molecule has 0 fully saturated rings. The van der Waals surface area contributed by atoms with Crippen molar-refractivity contribution in [2.75, 3.05) is 0 Å². The summed E-state index contributed by atoms with van der Waals surface area (Å²) in [5.41, 5.74) is 0. The van der Waals surface area contributed by atoms with Crippen LogP contribution in [0.15, 0.2) is 0 Å². The Hall–Kier alpha value is 0. The first-order chi connectivity index (χ1) is 4.52. The molecule has 0 heteroatoms. The van der Waals surface area contributed by atoms with Crippen LogP contribution in [-0.2, 0) is 0 Å². The fraction of sp³-hybridized carbons (Fsp3) is 1.00. The van der Waals surface area contributed by atoms with Crippen molar-refractivity contribution in [3.05, 3.63) is 0 Å². The summed E-state index contributed by atoms with van der Waals surface area (Å²) in [5, 5.41) is 0. The third kappa shape index (κ3) is 3.06. The molecule has 0 spiro atoms. The van der Waals surface area contributed by atoms with Crippen LogP contribution < -0.4 is 0 Å². The zero-order chi connectivity index (χ0) is 8.20. The van der Waals surface area contributed by atoms with Gasteiger partial charge in [0.05, 0.1) is 0 Å². The van der Waals surface area contributed by atoms with E-state index in [2.05, 4.69) is 13.8 Å². The Morgan fingerprint density at radius 3 is 2.12 bits per heavy atom. The molecule has 0 aromatic carbocycles. The zero-order valence-corrected chi connectivity index (χ0v) is 6.20. The van der Waals surface area contributed by atoms with Gasteiger partial charge in [0.1, 0.15) is 0 Å². The molecule has 0 aliphatic rings. The predicted molar refractivity (Wildman–Crippen MR) is 39.0 cm³/mol. The molecule has 0 aliphatic carbocycles. The Kier molecular flexibility index (Phi) is 3.11. The van der Waals surface area contributed by atoms with Crippen molar-refractivity contribution >= 4 is 0 Å². The Balaban J connectivity index is 3.81. The van der Waals surface area contributed by atoms with Gasteiger partial charge in [-0.3, -0.25) is 0 Å². The first kappa shape index (κ1) is 4.84. The minimum Gasteiger partial charge on any atom is -0.0654 e. The van der Waals surface area contributed by atoms with E-state index in [-0.39, 0.29) is 5.92 Å². The van der Waals surface area contributed by atoms with E-state index in [1.54, 1.807) is 6.92 Å². The maximum absolute atomic E-state index is 7.46. The molecule has 0 radical (unpaired) electrons. The van der Waals surface area contributed by atoms with Crippen molar-refractivity contribution in [3.8, 4) is 0 Å². The standard InChI is InChI=1S/C8H18/c1-4-7-8(5-2)6-3/h8H,4-7H2,1-3H3/i5D2. The van der Waals surface area contributed by atoms with Crippen molar-refractivity contribution in [1.29, 1.82) is 0 Å². The summed E-state index contributed by atoms with van der Waals surface area (Å²) >= 11 is 0. The first-order valence-corrected chi connectivity index (χ1v) is 3.52. The van der Waals surface area contributed by atoms with E-state index in [9.17, 15) is 0 Å². The molecule has 0 amide bonds. The Bertz CT molecular complexity index is 83.7. The molecule has 0 aromatic rings. The van der Waals surface area contributed by atoms with Gasteiger partial charge in [0.25, 0.3) is 0 Å². The van der Waals surface area contributed by atoms with E-state index < -0.39 is 6.37 Å². The monoisotopic (exact) mass is 116 g/mol. The highest BCUT2D eigenvalue weighted by Gasteiger charge is 1.98. The summed E-state index contributed by atoms with van der Waals surface area (Å²) in [7, 11) is 0. The topological polar surface area (TPSA) is 0 Å². The van der Waals surface area contributed by atoms with Gasteiger partial charge < -0.3 is 0 Å². The largest absolute Gasteiger partial charge is 0.0654 e. The van der Waals surface area contributed by atoms with Gasteiger partial charge in [0, 0.05) is 2.74 Å². The second kappa shape index (κ2) is 5.14. The van der Waals surface area contributed by atoms with Gasteiger partial charge in [-0.05, 0) is 5.92 Å². The molecular weight excluding hydrogens is 96.1 g/mol. The van der Waals surface area contributed by atoms with Gasteiger partial charge in [-0.1, -0.05) is 46.4 Å². The third-order valence-electron chi connectivity index (χ3n) is 1.54. The van der Waals surface area contributed by atoms with Crippen molar-refractivity contribution < 1.29 is 2.74 Å². The molecule has 0 heterocycles. The van der Waals surface area contributed by atoms with Gasteiger partial charge in [-0.2, -0.15) is 0 Å². The van der Waals surface area contributed by atoms with Crippen LogP contribution in [0.5, 0.6) is 0 Å². The van der Waals surface area contributed by atoms with E-state index in [1.807, 2.05) is 0 Å². The van der Waals surface area contributed by atoms with Crippen molar-refractivity contribution in [3.63, 3.8) is 0 Å². The first-order valence-electron chi connectivity index (χ1n) is 4.52. The van der Waals surface area contributed by atoms with E-state index in [0.717, 1.165) is 19.3 Å². The van der Waals surface area contributed by atoms with Crippen molar-refractivity contribution in [1.82, 2.24) is 0 Å². The third-order valence-corrected chi connectivity index (χ3v) is 1.54. The molecule has 0 bridgehead atoms. The lowest BCUT2D eigenvalue weighted by Gasteiger charge is -2.08. The molecule has 50 valence electrons. The molecule has 0 aromatic heterocycles. The van der Waals surface area contributed by atoms with Crippen LogP contribution in [0.25, 0.3) is 0 Å². The maximum atomic E-state index is 7.46. The van der Waals surface area contributed by atoms with Crippen molar-refractivity contribution in [2.45, 2.75) is 46.4 Å². The summed E-state index contributed by atoms with van der Waals surface area (Å²) in [5.74, 6) is 0.248. The zero-order valence-electron chi connectivity index (χ0n) is 8.20. The SMILES string of the molecule is [2H]C([2H])(C)C(CC)CCC. The van der Waals surface area contributed by atoms with Gasteiger partial charge in [0.15, 0.2) is 0 Å². The molecule has 0 N–H and O–H groups in total. The number of hydrogen-bond donors (Lipinski definition) is 0. The van der Waals surface area contributed by atoms with Crippen LogP contribution in [0.3, 0.4) is 0 Å². The normalized spacial score (nSPS) is 19.4. The molecule has 8 heavy (non-hydrogen) atoms. The van der Waals surface area contributed by atoms with E-state index in [1.165, 1.54) is 0 Å². The van der Waals surface area contributed by atoms with Gasteiger partial charge >= 0.3 is 0 Å². The van der Waals surface area contributed by atoms with Crippen LogP contribution >= 0.6 is 0 Å². The lowest BCUT2D eigenvalue weighted by molar-refractivity contribution is 0.451. The Morgan fingerprint density at radius 2 is 2.00 bits per heavy atom. The molecule has 1 atom stereocenters.